The van der Waals surface area contributed by atoms with Crippen molar-refractivity contribution in [2.24, 2.45) is 5.41 Å². The average Bonchev–Trinajstić information content (AvgIpc) is 2.46. The fourth-order valence-electron chi connectivity index (χ4n) is 2.66. The minimum absolute atomic E-state index is 0.106. The number of amides is 1. The summed E-state index contributed by atoms with van der Waals surface area (Å²) in [6.45, 7) is 2.60. The number of nitrogens with zero attached hydrogens (tertiary/aromatic N) is 1. The SMILES string of the molecule is Cc1ccc(C(=O)NCC2(CO)CCCCC2)cn1. The summed E-state index contributed by atoms with van der Waals surface area (Å²) in [4.78, 5) is 16.1. The Morgan fingerprint density at radius 1 is 1.37 bits per heavy atom. The normalized spacial score (nSPS) is 18.0. The van der Waals surface area contributed by atoms with Crippen LogP contribution in [0.1, 0.15) is 48.2 Å². The molecule has 2 rings (SSSR count). The van der Waals surface area contributed by atoms with E-state index in [2.05, 4.69) is 10.3 Å². The molecule has 0 radical (unpaired) electrons. The van der Waals surface area contributed by atoms with Crippen molar-refractivity contribution in [1.29, 1.82) is 0 Å². The molecule has 0 saturated heterocycles. The average molecular weight is 262 g/mol. The number of aliphatic hydroxyl groups is 1. The fraction of sp³-hybridized carbons (Fsp3) is 0.600. The lowest BCUT2D eigenvalue weighted by molar-refractivity contribution is 0.0718. The van der Waals surface area contributed by atoms with Crippen LogP contribution >= 0.6 is 0 Å². The van der Waals surface area contributed by atoms with Crippen molar-refractivity contribution in [1.82, 2.24) is 10.3 Å². The molecule has 104 valence electrons. The van der Waals surface area contributed by atoms with Crippen LogP contribution in [0.5, 0.6) is 0 Å². The van der Waals surface area contributed by atoms with Gasteiger partial charge in [-0.15, -0.1) is 0 Å². The van der Waals surface area contributed by atoms with E-state index in [1.165, 1.54) is 6.42 Å². The van der Waals surface area contributed by atoms with Gasteiger partial charge in [-0.1, -0.05) is 19.3 Å². The van der Waals surface area contributed by atoms with E-state index < -0.39 is 0 Å². The van der Waals surface area contributed by atoms with E-state index in [4.69, 9.17) is 0 Å². The first-order valence-corrected chi connectivity index (χ1v) is 6.97. The van der Waals surface area contributed by atoms with Crippen molar-refractivity contribution in [3.05, 3.63) is 29.6 Å². The molecule has 1 aliphatic rings. The second-order valence-corrected chi connectivity index (χ2v) is 5.59. The number of hydrogen-bond acceptors (Lipinski definition) is 3. The molecule has 1 fully saturated rings. The molecule has 0 spiro atoms. The van der Waals surface area contributed by atoms with E-state index in [9.17, 15) is 9.90 Å². The van der Waals surface area contributed by atoms with Crippen molar-refractivity contribution in [2.45, 2.75) is 39.0 Å². The largest absolute Gasteiger partial charge is 0.396 e. The van der Waals surface area contributed by atoms with Gasteiger partial charge in [0.25, 0.3) is 5.91 Å². The Bertz CT molecular complexity index is 422. The molecule has 0 atom stereocenters. The van der Waals surface area contributed by atoms with Gasteiger partial charge in [0.05, 0.1) is 12.2 Å². The summed E-state index contributed by atoms with van der Waals surface area (Å²) in [6.07, 6.45) is 7.10. The first-order chi connectivity index (χ1) is 9.15. The minimum Gasteiger partial charge on any atom is -0.396 e. The van der Waals surface area contributed by atoms with E-state index in [0.29, 0.717) is 12.1 Å². The molecule has 1 amide bonds. The predicted octanol–water partition coefficient (Wildman–Crippen LogP) is 2.06. The van der Waals surface area contributed by atoms with Crippen molar-refractivity contribution in [3.8, 4) is 0 Å². The highest BCUT2D eigenvalue weighted by Crippen LogP contribution is 2.35. The highest BCUT2D eigenvalue weighted by Gasteiger charge is 2.31. The van der Waals surface area contributed by atoms with E-state index >= 15 is 0 Å². The van der Waals surface area contributed by atoms with Gasteiger partial charge in [-0.2, -0.15) is 0 Å². The van der Waals surface area contributed by atoms with Crippen LogP contribution in [0.25, 0.3) is 0 Å². The van der Waals surface area contributed by atoms with Crippen LogP contribution in [0.3, 0.4) is 0 Å². The Labute approximate surface area is 114 Å². The van der Waals surface area contributed by atoms with Crippen LogP contribution < -0.4 is 5.32 Å². The van der Waals surface area contributed by atoms with E-state index in [1.54, 1.807) is 12.3 Å². The lowest BCUT2D eigenvalue weighted by atomic mass is 9.74. The third-order valence-corrected chi connectivity index (χ3v) is 4.05. The molecule has 0 unspecified atom stereocenters. The second-order valence-electron chi connectivity index (χ2n) is 5.59. The smallest absolute Gasteiger partial charge is 0.252 e. The third kappa shape index (κ3) is 3.53. The number of aryl methyl sites for hydroxylation is 1. The summed E-state index contributed by atoms with van der Waals surface area (Å²) >= 11 is 0. The minimum atomic E-state index is -0.119. The molecule has 2 N–H and O–H groups in total. The Morgan fingerprint density at radius 2 is 2.11 bits per heavy atom. The van der Waals surface area contributed by atoms with Crippen molar-refractivity contribution >= 4 is 5.91 Å². The van der Waals surface area contributed by atoms with Gasteiger partial charge in [0.2, 0.25) is 0 Å². The third-order valence-electron chi connectivity index (χ3n) is 4.05. The Balaban J connectivity index is 1.93. The molecule has 1 aromatic rings. The molecule has 19 heavy (non-hydrogen) atoms. The molecular weight excluding hydrogens is 240 g/mol. The van der Waals surface area contributed by atoms with Crippen molar-refractivity contribution < 1.29 is 9.90 Å². The topological polar surface area (TPSA) is 62.2 Å². The van der Waals surface area contributed by atoms with Crippen LogP contribution in [0.2, 0.25) is 0 Å². The van der Waals surface area contributed by atoms with Gasteiger partial charge in [-0.25, -0.2) is 0 Å². The van der Waals surface area contributed by atoms with E-state index in [1.807, 2.05) is 13.0 Å². The summed E-state index contributed by atoms with van der Waals surface area (Å²) in [7, 11) is 0. The zero-order valence-corrected chi connectivity index (χ0v) is 11.5. The first-order valence-electron chi connectivity index (χ1n) is 6.97. The summed E-state index contributed by atoms with van der Waals surface area (Å²) in [5.41, 5.74) is 1.36. The zero-order chi connectivity index (χ0) is 13.7. The molecule has 1 heterocycles. The summed E-state index contributed by atoms with van der Waals surface area (Å²) < 4.78 is 0. The molecule has 1 aliphatic carbocycles. The number of rotatable bonds is 4. The number of aromatic nitrogens is 1. The number of hydrogen-bond donors (Lipinski definition) is 2. The zero-order valence-electron chi connectivity index (χ0n) is 11.5. The van der Waals surface area contributed by atoms with Gasteiger partial charge in [-0.05, 0) is 31.9 Å². The quantitative estimate of drug-likeness (QED) is 0.873. The summed E-state index contributed by atoms with van der Waals surface area (Å²) in [5, 5.41) is 12.5. The van der Waals surface area contributed by atoms with Crippen LogP contribution in [-0.2, 0) is 0 Å². The summed E-state index contributed by atoms with van der Waals surface area (Å²) in [5.74, 6) is -0.106. The standard InChI is InChI=1S/C15H22N2O2/c1-12-5-6-13(9-16-12)14(19)17-10-15(11-18)7-3-2-4-8-15/h5-6,9,18H,2-4,7-8,10-11H2,1H3,(H,17,19). The van der Waals surface area contributed by atoms with Gasteiger partial charge >= 0.3 is 0 Å². The fourth-order valence-corrected chi connectivity index (χ4v) is 2.66. The van der Waals surface area contributed by atoms with Crippen LogP contribution in [0, 0.1) is 12.3 Å². The molecule has 1 aromatic heterocycles. The number of carbonyl (C=O) groups is 1. The molecule has 4 heteroatoms. The van der Waals surface area contributed by atoms with E-state index in [0.717, 1.165) is 31.4 Å². The van der Waals surface area contributed by atoms with Crippen molar-refractivity contribution in [2.75, 3.05) is 13.2 Å². The number of carbonyl (C=O) groups excluding carboxylic acids is 1. The van der Waals surface area contributed by atoms with Gasteiger partial charge in [0.15, 0.2) is 0 Å². The Kier molecular flexibility index (Phi) is 4.53. The van der Waals surface area contributed by atoms with Gasteiger partial charge in [0, 0.05) is 23.9 Å². The van der Waals surface area contributed by atoms with E-state index in [-0.39, 0.29) is 17.9 Å². The monoisotopic (exact) mass is 262 g/mol. The van der Waals surface area contributed by atoms with Gasteiger partial charge in [-0.3, -0.25) is 9.78 Å². The maximum absolute atomic E-state index is 12.0. The molecule has 0 bridgehead atoms. The predicted molar refractivity (Wildman–Crippen MR) is 73.9 cm³/mol. The second kappa shape index (κ2) is 6.15. The van der Waals surface area contributed by atoms with Crippen LogP contribution in [0.4, 0.5) is 0 Å². The molecular formula is C15H22N2O2. The highest BCUT2D eigenvalue weighted by atomic mass is 16.3. The lowest BCUT2D eigenvalue weighted by Gasteiger charge is -2.35. The Hall–Kier alpha value is -1.42. The van der Waals surface area contributed by atoms with Gasteiger partial charge < -0.3 is 10.4 Å². The van der Waals surface area contributed by atoms with Crippen molar-refractivity contribution in [3.63, 3.8) is 0 Å². The van der Waals surface area contributed by atoms with Crippen LogP contribution in [-0.4, -0.2) is 29.1 Å². The Morgan fingerprint density at radius 3 is 2.68 bits per heavy atom. The molecule has 1 saturated carbocycles. The molecule has 0 aromatic carbocycles. The molecule has 0 aliphatic heterocycles. The van der Waals surface area contributed by atoms with Gasteiger partial charge in [0.1, 0.15) is 0 Å². The number of pyridine rings is 1. The summed E-state index contributed by atoms with van der Waals surface area (Å²) in [6, 6.07) is 3.61. The molecule has 4 nitrogen and oxygen atoms in total. The number of nitrogens with one attached hydrogen (secondary N) is 1. The maximum Gasteiger partial charge on any atom is 0.252 e. The highest BCUT2D eigenvalue weighted by molar-refractivity contribution is 5.93. The number of aliphatic hydroxyl groups excluding tert-OH is 1. The lowest BCUT2D eigenvalue weighted by Crippen LogP contribution is -2.41. The maximum atomic E-state index is 12.0. The first kappa shape index (κ1) is 14.0. The van der Waals surface area contributed by atoms with Crippen LogP contribution in [0.15, 0.2) is 18.3 Å².